The molecular weight excluding hydrogens is 539 g/mol. The number of nitrogens with one attached hydrogen (secondary N) is 2. The molecule has 6 rings (SSSR count). The van der Waals surface area contributed by atoms with Crippen molar-refractivity contribution in [2.75, 3.05) is 15.9 Å². The van der Waals surface area contributed by atoms with Gasteiger partial charge in [0.2, 0.25) is 10.0 Å². The van der Waals surface area contributed by atoms with Crippen LogP contribution in [-0.2, 0) is 10.0 Å². The zero-order valence-corrected chi connectivity index (χ0v) is 24.0. The number of anilines is 2. The van der Waals surface area contributed by atoms with Crippen LogP contribution in [0.2, 0.25) is 0 Å². The minimum Gasteiger partial charge on any atom is -0.351 e. The van der Waals surface area contributed by atoms with Crippen LogP contribution in [0.1, 0.15) is 34.7 Å². The molecule has 3 heterocycles. The van der Waals surface area contributed by atoms with Crippen LogP contribution in [0.3, 0.4) is 0 Å². The maximum Gasteiger partial charge on any atom is 0.229 e. The van der Waals surface area contributed by atoms with E-state index in [-0.39, 0.29) is 12.1 Å². The molecule has 5 aromatic rings. The molecule has 1 fully saturated rings. The fraction of sp³-hybridized carbons (Fsp3) is 0.161. The van der Waals surface area contributed by atoms with E-state index in [4.69, 9.17) is 12.2 Å². The van der Waals surface area contributed by atoms with Crippen molar-refractivity contribution in [3.05, 3.63) is 120 Å². The molecule has 7 nitrogen and oxygen atoms in total. The largest absolute Gasteiger partial charge is 0.351 e. The van der Waals surface area contributed by atoms with Gasteiger partial charge in [0.25, 0.3) is 0 Å². The van der Waals surface area contributed by atoms with E-state index < -0.39 is 10.0 Å². The average Bonchev–Trinajstić information content (AvgIpc) is 3.43. The summed E-state index contributed by atoms with van der Waals surface area (Å²) < 4.78 is 28.3. The molecule has 202 valence electrons. The van der Waals surface area contributed by atoms with E-state index >= 15 is 0 Å². The van der Waals surface area contributed by atoms with E-state index in [0.29, 0.717) is 10.8 Å². The molecule has 0 bridgehead atoms. The van der Waals surface area contributed by atoms with Gasteiger partial charge in [0.15, 0.2) is 5.11 Å². The molecule has 3 aromatic carbocycles. The number of aryl methyl sites for hydroxylation is 1. The van der Waals surface area contributed by atoms with Crippen molar-refractivity contribution in [3.8, 4) is 5.69 Å². The predicted octanol–water partition coefficient (Wildman–Crippen LogP) is 6.19. The molecule has 9 heteroatoms. The predicted molar refractivity (Wildman–Crippen MR) is 166 cm³/mol. The summed E-state index contributed by atoms with van der Waals surface area (Å²) in [5, 5.41) is 6.48. The summed E-state index contributed by atoms with van der Waals surface area (Å²) in [4.78, 5) is 6.78. The topological polar surface area (TPSA) is 79.3 Å². The Morgan fingerprint density at radius 2 is 1.65 bits per heavy atom. The summed E-state index contributed by atoms with van der Waals surface area (Å²) in [6.45, 7) is 4.28. The number of pyridine rings is 1. The number of fused-ring (bicyclic) bond motifs is 1. The maximum atomic E-state index is 11.7. The van der Waals surface area contributed by atoms with Gasteiger partial charge in [0.05, 0.1) is 29.7 Å². The molecule has 0 unspecified atom stereocenters. The SMILES string of the molecule is Cc1cc([C@@H]2[C@@H](c3ccccn3)NC(=S)N2c2ccc(NS(C)(=O)=O)cc2)c(C)n1-c1cccc2ccccc12. The molecule has 1 aliphatic heterocycles. The van der Waals surface area contributed by atoms with Crippen LogP contribution in [0.25, 0.3) is 16.5 Å². The van der Waals surface area contributed by atoms with Crippen LogP contribution in [0.15, 0.2) is 97.2 Å². The minimum absolute atomic E-state index is 0.189. The summed E-state index contributed by atoms with van der Waals surface area (Å²) in [6, 6.07) is 29.9. The zero-order chi connectivity index (χ0) is 28.0. The molecule has 0 amide bonds. The Balaban J connectivity index is 1.50. The highest BCUT2D eigenvalue weighted by molar-refractivity contribution is 7.92. The Bertz CT molecular complexity index is 1830. The first-order valence-corrected chi connectivity index (χ1v) is 15.3. The summed E-state index contributed by atoms with van der Waals surface area (Å²) in [6.07, 6.45) is 2.93. The van der Waals surface area contributed by atoms with Crippen LogP contribution < -0.4 is 14.9 Å². The first kappa shape index (κ1) is 26.0. The van der Waals surface area contributed by atoms with E-state index in [1.165, 1.54) is 10.8 Å². The highest BCUT2D eigenvalue weighted by Gasteiger charge is 2.42. The lowest BCUT2D eigenvalue weighted by molar-refractivity contribution is 0.565. The van der Waals surface area contributed by atoms with Crippen molar-refractivity contribution < 1.29 is 8.42 Å². The van der Waals surface area contributed by atoms with Crippen molar-refractivity contribution in [2.24, 2.45) is 0 Å². The van der Waals surface area contributed by atoms with Crippen molar-refractivity contribution in [3.63, 3.8) is 0 Å². The van der Waals surface area contributed by atoms with E-state index in [2.05, 4.69) is 86.9 Å². The van der Waals surface area contributed by atoms with Crippen LogP contribution in [0, 0.1) is 13.8 Å². The Kier molecular flexibility index (Phi) is 6.56. The Morgan fingerprint density at radius 3 is 2.38 bits per heavy atom. The molecule has 2 atom stereocenters. The van der Waals surface area contributed by atoms with E-state index in [1.807, 2.05) is 30.3 Å². The zero-order valence-electron chi connectivity index (χ0n) is 22.4. The normalized spacial score (nSPS) is 17.3. The van der Waals surface area contributed by atoms with Gasteiger partial charge in [0.1, 0.15) is 0 Å². The molecule has 2 N–H and O–H groups in total. The molecule has 40 heavy (non-hydrogen) atoms. The Morgan fingerprint density at radius 1 is 0.925 bits per heavy atom. The van der Waals surface area contributed by atoms with Crippen LogP contribution in [0.5, 0.6) is 0 Å². The van der Waals surface area contributed by atoms with E-state index in [9.17, 15) is 8.42 Å². The van der Waals surface area contributed by atoms with E-state index in [0.717, 1.165) is 40.3 Å². The lowest BCUT2D eigenvalue weighted by atomic mass is 9.96. The minimum atomic E-state index is -3.38. The van der Waals surface area contributed by atoms with Gasteiger partial charge >= 0.3 is 0 Å². The first-order chi connectivity index (χ1) is 19.2. The third-order valence-corrected chi connectivity index (χ3v) is 8.26. The molecule has 1 saturated heterocycles. The smallest absolute Gasteiger partial charge is 0.229 e. The molecule has 1 aliphatic rings. The van der Waals surface area contributed by atoms with E-state index in [1.54, 1.807) is 18.3 Å². The molecule has 0 radical (unpaired) electrons. The molecule has 0 aliphatic carbocycles. The second-order valence-corrected chi connectivity index (χ2v) is 12.2. The van der Waals surface area contributed by atoms with Crippen molar-refractivity contribution in [1.82, 2.24) is 14.9 Å². The highest BCUT2D eigenvalue weighted by Crippen LogP contribution is 2.44. The number of hydrogen-bond donors (Lipinski definition) is 2. The molecule has 0 spiro atoms. The van der Waals surface area contributed by atoms with Gasteiger partial charge in [-0.3, -0.25) is 9.71 Å². The molecule has 2 aromatic heterocycles. The standard InChI is InChI=1S/C31H29N5O2S2/c1-20-19-26(21(2)35(20)28-13-8-10-22-9-4-5-11-25(22)28)30-29(27-12-6-7-18-32-27)33-31(39)36(30)24-16-14-23(15-17-24)34-40(3,37)38/h4-19,29-30,34H,1-3H3,(H,33,39)/t29-,30-/m1/s1. The summed E-state index contributed by atoms with van der Waals surface area (Å²) in [5.74, 6) is 0. The summed E-state index contributed by atoms with van der Waals surface area (Å²) in [7, 11) is -3.38. The summed E-state index contributed by atoms with van der Waals surface area (Å²) in [5.41, 5.74) is 6.74. The molecule has 0 saturated carbocycles. The highest BCUT2D eigenvalue weighted by atomic mass is 32.2. The number of thiocarbonyl (C=S) groups is 1. The Labute approximate surface area is 239 Å². The monoisotopic (exact) mass is 567 g/mol. The second kappa shape index (κ2) is 10.1. The third-order valence-electron chi connectivity index (χ3n) is 7.34. The van der Waals surface area contributed by atoms with Crippen LogP contribution in [-0.4, -0.2) is 29.3 Å². The lowest BCUT2D eigenvalue weighted by Crippen LogP contribution is -2.29. The quantitative estimate of drug-likeness (QED) is 0.238. The number of nitrogens with zero attached hydrogens (tertiary/aromatic N) is 3. The number of rotatable bonds is 6. The first-order valence-electron chi connectivity index (χ1n) is 13.0. The number of sulfonamides is 1. The third kappa shape index (κ3) is 4.71. The number of aromatic nitrogens is 2. The van der Waals surface area contributed by atoms with Gasteiger partial charge in [-0.25, -0.2) is 8.42 Å². The van der Waals surface area contributed by atoms with Crippen LogP contribution >= 0.6 is 12.2 Å². The summed E-state index contributed by atoms with van der Waals surface area (Å²) >= 11 is 5.91. The van der Waals surface area contributed by atoms with Crippen LogP contribution in [0.4, 0.5) is 11.4 Å². The van der Waals surface area contributed by atoms with Gasteiger partial charge in [-0.2, -0.15) is 0 Å². The lowest BCUT2D eigenvalue weighted by Gasteiger charge is -2.28. The number of hydrogen-bond acceptors (Lipinski definition) is 4. The fourth-order valence-electron chi connectivity index (χ4n) is 5.71. The van der Waals surface area contributed by atoms with Gasteiger partial charge in [-0.15, -0.1) is 0 Å². The Hall–Kier alpha value is -4.21. The van der Waals surface area contributed by atoms with Gasteiger partial charge in [-0.05, 0) is 85.5 Å². The number of benzene rings is 3. The maximum absolute atomic E-state index is 11.7. The van der Waals surface area contributed by atoms with Gasteiger partial charge in [-0.1, -0.05) is 42.5 Å². The second-order valence-electron chi connectivity index (χ2n) is 10.1. The van der Waals surface area contributed by atoms with Crippen molar-refractivity contribution in [2.45, 2.75) is 25.9 Å². The fourth-order valence-corrected chi connectivity index (χ4v) is 6.62. The van der Waals surface area contributed by atoms with Crippen molar-refractivity contribution in [1.29, 1.82) is 0 Å². The molecular formula is C31H29N5O2S2. The average molecular weight is 568 g/mol. The van der Waals surface area contributed by atoms with Crippen molar-refractivity contribution >= 4 is 49.5 Å². The van der Waals surface area contributed by atoms with Gasteiger partial charge < -0.3 is 14.8 Å². The van der Waals surface area contributed by atoms with Gasteiger partial charge in [0, 0.05) is 34.3 Å².